The van der Waals surface area contributed by atoms with Gasteiger partial charge in [0.05, 0.1) is 16.9 Å². The van der Waals surface area contributed by atoms with E-state index in [1.165, 1.54) is 6.07 Å². The average molecular weight is 402 g/mol. The number of anilines is 2. The molecule has 0 radical (unpaired) electrons. The zero-order valence-corrected chi connectivity index (χ0v) is 16.6. The van der Waals surface area contributed by atoms with Crippen molar-refractivity contribution in [3.8, 4) is 0 Å². The predicted octanol–water partition coefficient (Wildman–Crippen LogP) is 3.82. The number of benzene rings is 2. The molecule has 1 fully saturated rings. The molecule has 7 heteroatoms. The van der Waals surface area contributed by atoms with E-state index < -0.39 is 5.97 Å². The van der Waals surface area contributed by atoms with Gasteiger partial charge in [-0.3, -0.25) is 9.69 Å². The quantitative estimate of drug-likeness (QED) is 0.769. The minimum Gasteiger partial charge on any atom is -0.478 e. The fourth-order valence-electron chi connectivity index (χ4n) is 3.37. The number of aromatic carboxylic acids is 1. The van der Waals surface area contributed by atoms with Crippen LogP contribution < -0.4 is 10.2 Å². The lowest BCUT2D eigenvalue weighted by atomic mass is 10.1. The van der Waals surface area contributed by atoms with Gasteiger partial charge in [-0.05, 0) is 55.4 Å². The molecule has 1 amide bonds. The summed E-state index contributed by atoms with van der Waals surface area (Å²) in [6.07, 6.45) is 1.12. The van der Waals surface area contributed by atoms with Gasteiger partial charge in [-0.2, -0.15) is 0 Å². The van der Waals surface area contributed by atoms with E-state index in [1.807, 2.05) is 0 Å². The summed E-state index contributed by atoms with van der Waals surface area (Å²) in [5.41, 5.74) is 1.94. The van der Waals surface area contributed by atoms with E-state index in [4.69, 9.17) is 11.6 Å². The van der Waals surface area contributed by atoms with Crippen molar-refractivity contribution in [2.45, 2.75) is 13.3 Å². The Morgan fingerprint density at radius 1 is 1.04 bits per heavy atom. The number of carbonyl (C=O) groups is 2. The molecule has 3 rings (SSSR count). The predicted molar refractivity (Wildman–Crippen MR) is 112 cm³/mol. The Hall–Kier alpha value is -2.57. The molecule has 1 aliphatic rings. The number of carboxylic acids is 1. The minimum atomic E-state index is -1.03. The third-order valence-electron chi connectivity index (χ3n) is 4.85. The smallest absolute Gasteiger partial charge is 0.335 e. The first-order chi connectivity index (χ1) is 13.5. The summed E-state index contributed by atoms with van der Waals surface area (Å²) in [4.78, 5) is 28.7. The van der Waals surface area contributed by atoms with Crippen LogP contribution >= 0.6 is 11.6 Å². The van der Waals surface area contributed by atoms with Gasteiger partial charge in [0.2, 0.25) is 0 Å². The second-order valence-electron chi connectivity index (χ2n) is 6.83. The van der Waals surface area contributed by atoms with Crippen molar-refractivity contribution in [1.29, 1.82) is 0 Å². The van der Waals surface area contributed by atoms with Gasteiger partial charge in [0.25, 0.3) is 5.91 Å². The number of carbonyl (C=O) groups excluding carboxylic acids is 1. The van der Waals surface area contributed by atoms with Crippen LogP contribution in [0.2, 0.25) is 5.02 Å². The van der Waals surface area contributed by atoms with Gasteiger partial charge < -0.3 is 15.3 Å². The van der Waals surface area contributed by atoms with Crippen LogP contribution in [0.5, 0.6) is 0 Å². The first-order valence-corrected chi connectivity index (χ1v) is 9.77. The lowest BCUT2D eigenvalue weighted by Gasteiger charge is -2.36. The fraction of sp³-hybridized carbons (Fsp3) is 0.333. The van der Waals surface area contributed by atoms with Gasteiger partial charge in [0.1, 0.15) is 0 Å². The minimum absolute atomic E-state index is 0.139. The highest BCUT2D eigenvalue weighted by molar-refractivity contribution is 6.30. The Kier molecular flexibility index (Phi) is 6.54. The molecule has 148 valence electrons. The van der Waals surface area contributed by atoms with E-state index in [0.717, 1.165) is 44.8 Å². The monoisotopic (exact) mass is 401 g/mol. The Labute approximate surface area is 169 Å². The van der Waals surface area contributed by atoms with Crippen molar-refractivity contribution in [3.63, 3.8) is 0 Å². The molecular formula is C21H24ClN3O3. The number of hydrogen-bond acceptors (Lipinski definition) is 4. The SMILES string of the molecule is CCCN1CCN(c2ccc(C(=O)O)cc2NC(=O)c2ccc(Cl)cc2)CC1. The van der Waals surface area contributed by atoms with E-state index in [2.05, 4.69) is 22.0 Å². The fourth-order valence-corrected chi connectivity index (χ4v) is 3.50. The zero-order chi connectivity index (χ0) is 20.1. The zero-order valence-electron chi connectivity index (χ0n) is 15.8. The van der Waals surface area contributed by atoms with Crippen LogP contribution in [-0.4, -0.2) is 54.6 Å². The van der Waals surface area contributed by atoms with Crippen molar-refractivity contribution in [2.75, 3.05) is 42.9 Å². The van der Waals surface area contributed by atoms with Crippen LogP contribution in [0.25, 0.3) is 0 Å². The lowest BCUT2D eigenvalue weighted by Crippen LogP contribution is -2.46. The Morgan fingerprint density at radius 3 is 2.29 bits per heavy atom. The number of nitrogens with one attached hydrogen (secondary N) is 1. The molecule has 0 unspecified atom stereocenters. The van der Waals surface area contributed by atoms with E-state index in [-0.39, 0.29) is 11.5 Å². The standard InChI is InChI=1S/C21H24ClN3O3/c1-2-9-24-10-12-25(13-11-24)19-8-5-16(21(27)28)14-18(19)23-20(26)15-3-6-17(22)7-4-15/h3-8,14H,2,9-13H2,1H3,(H,23,26)(H,27,28). The Morgan fingerprint density at radius 2 is 1.68 bits per heavy atom. The number of hydrogen-bond donors (Lipinski definition) is 2. The molecule has 1 saturated heterocycles. The molecule has 0 saturated carbocycles. The second kappa shape index (κ2) is 9.08. The summed E-state index contributed by atoms with van der Waals surface area (Å²) in [6, 6.07) is 11.5. The number of rotatable bonds is 6. The normalized spacial score (nSPS) is 14.7. The van der Waals surface area contributed by atoms with Crippen LogP contribution in [-0.2, 0) is 0 Å². The van der Waals surface area contributed by atoms with E-state index in [9.17, 15) is 14.7 Å². The highest BCUT2D eigenvalue weighted by Crippen LogP contribution is 2.29. The summed E-state index contributed by atoms with van der Waals surface area (Å²) >= 11 is 5.89. The molecule has 2 aromatic carbocycles. The lowest BCUT2D eigenvalue weighted by molar-refractivity contribution is 0.0696. The topological polar surface area (TPSA) is 72.9 Å². The number of carboxylic acid groups (broad SMARTS) is 1. The largest absolute Gasteiger partial charge is 0.478 e. The molecule has 2 N–H and O–H groups in total. The van der Waals surface area contributed by atoms with E-state index in [1.54, 1.807) is 36.4 Å². The molecular weight excluding hydrogens is 378 g/mol. The van der Waals surface area contributed by atoms with Gasteiger partial charge in [-0.15, -0.1) is 0 Å². The summed E-state index contributed by atoms with van der Waals surface area (Å²) in [6.45, 7) is 6.79. The number of amides is 1. The van der Waals surface area contributed by atoms with Crippen molar-refractivity contribution >= 4 is 34.9 Å². The maximum absolute atomic E-state index is 12.7. The summed E-state index contributed by atoms with van der Waals surface area (Å²) in [7, 11) is 0. The molecule has 0 aromatic heterocycles. The average Bonchev–Trinajstić information content (AvgIpc) is 2.69. The summed E-state index contributed by atoms with van der Waals surface area (Å²) in [5, 5.41) is 12.8. The van der Waals surface area contributed by atoms with Crippen molar-refractivity contribution in [2.24, 2.45) is 0 Å². The first kappa shape index (κ1) is 20.2. The van der Waals surface area contributed by atoms with Crippen LogP contribution in [0, 0.1) is 0 Å². The molecule has 2 aromatic rings. The summed E-state index contributed by atoms with van der Waals surface area (Å²) in [5.74, 6) is -1.33. The molecule has 1 heterocycles. The molecule has 0 spiro atoms. The maximum atomic E-state index is 12.7. The Balaban J connectivity index is 1.83. The molecule has 0 aliphatic carbocycles. The van der Waals surface area contributed by atoms with E-state index in [0.29, 0.717) is 16.3 Å². The van der Waals surface area contributed by atoms with Crippen molar-refractivity contribution in [1.82, 2.24) is 4.90 Å². The van der Waals surface area contributed by atoms with Gasteiger partial charge >= 0.3 is 5.97 Å². The van der Waals surface area contributed by atoms with Gasteiger partial charge in [-0.25, -0.2) is 4.79 Å². The highest BCUT2D eigenvalue weighted by atomic mass is 35.5. The first-order valence-electron chi connectivity index (χ1n) is 9.39. The molecule has 1 aliphatic heterocycles. The third-order valence-corrected chi connectivity index (χ3v) is 5.10. The third kappa shape index (κ3) is 4.82. The molecule has 28 heavy (non-hydrogen) atoms. The molecule has 6 nitrogen and oxygen atoms in total. The Bertz CT molecular complexity index is 846. The van der Waals surface area contributed by atoms with Crippen molar-refractivity contribution < 1.29 is 14.7 Å². The molecule has 0 atom stereocenters. The summed E-state index contributed by atoms with van der Waals surface area (Å²) < 4.78 is 0. The number of piperazine rings is 1. The van der Waals surface area contributed by atoms with E-state index >= 15 is 0 Å². The van der Waals surface area contributed by atoms with Gasteiger partial charge in [0, 0.05) is 36.8 Å². The molecule has 0 bridgehead atoms. The van der Waals surface area contributed by atoms with Crippen LogP contribution in [0.4, 0.5) is 11.4 Å². The van der Waals surface area contributed by atoms with Crippen molar-refractivity contribution in [3.05, 3.63) is 58.6 Å². The van der Waals surface area contributed by atoms with Crippen LogP contribution in [0.1, 0.15) is 34.1 Å². The van der Waals surface area contributed by atoms with Gasteiger partial charge in [-0.1, -0.05) is 18.5 Å². The number of halogens is 1. The second-order valence-corrected chi connectivity index (χ2v) is 7.26. The van der Waals surface area contributed by atoms with Crippen LogP contribution in [0.3, 0.4) is 0 Å². The van der Waals surface area contributed by atoms with Gasteiger partial charge in [0.15, 0.2) is 0 Å². The maximum Gasteiger partial charge on any atom is 0.335 e. The highest BCUT2D eigenvalue weighted by Gasteiger charge is 2.21. The van der Waals surface area contributed by atoms with Crippen LogP contribution in [0.15, 0.2) is 42.5 Å². The number of nitrogens with zero attached hydrogens (tertiary/aromatic N) is 2.